The Balaban J connectivity index is 2.41. The molecule has 1 saturated carbocycles. The van der Waals surface area contributed by atoms with E-state index in [4.69, 9.17) is 5.73 Å². The molecule has 0 aromatic carbocycles. The average molecular weight is 178 g/mol. The van der Waals surface area contributed by atoms with Gasteiger partial charge in [-0.1, -0.05) is 0 Å². The molecule has 1 fully saturated rings. The molecule has 2 amide bonds. The molecule has 1 atom stereocenters. The van der Waals surface area contributed by atoms with Crippen LogP contribution in [-0.2, 0) is 0 Å². The van der Waals surface area contributed by atoms with Crippen molar-refractivity contribution in [2.24, 2.45) is 5.73 Å². The quantitative estimate of drug-likeness (QED) is 0.623. The van der Waals surface area contributed by atoms with Crippen molar-refractivity contribution in [3.63, 3.8) is 0 Å². The molecule has 3 nitrogen and oxygen atoms in total. The Kier molecular flexibility index (Phi) is 2.49. The minimum absolute atomic E-state index is 0.0794. The lowest BCUT2D eigenvalue weighted by Crippen LogP contribution is -2.44. The van der Waals surface area contributed by atoms with E-state index < -0.39 is 18.0 Å². The number of halogens is 2. The Bertz CT molecular complexity index is 184. The van der Waals surface area contributed by atoms with E-state index in [0.29, 0.717) is 12.8 Å². The summed E-state index contributed by atoms with van der Waals surface area (Å²) in [4.78, 5) is 10.3. The predicted octanol–water partition coefficient (Wildman–Crippen LogP) is 1.23. The lowest BCUT2D eigenvalue weighted by Gasteiger charge is -2.28. The molecule has 5 heteroatoms. The molecule has 1 unspecified atom stereocenters. The second-order valence-corrected chi connectivity index (χ2v) is 3.16. The molecule has 0 radical (unpaired) electrons. The Morgan fingerprint density at radius 1 is 1.58 bits per heavy atom. The van der Waals surface area contributed by atoms with Crippen molar-refractivity contribution in [2.75, 3.05) is 0 Å². The maximum Gasteiger partial charge on any atom is 0.312 e. The smallest absolute Gasteiger partial charge is 0.312 e. The number of primary amides is 1. The average Bonchev–Trinajstić information content (AvgIpc) is 1.82. The normalized spacial score (nSPS) is 28.0. The Hall–Kier alpha value is -0.870. The lowest BCUT2D eigenvalue weighted by atomic mass is 9.92. The molecular formula is C7H12F2N2O. The fourth-order valence-corrected chi connectivity index (χ4v) is 1.50. The number of rotatable bonds is 1. The topological polar surface area (TPSA) is 55.1 Å². The summed E-state index contributed by atoms with van der Waals surface area (Å²) in [5, 5.41) is 2.30. The van der Waals surface area contributed by atoms with E-state index in [0.717, 1.165) is 0 Å². The Labute approximate surface area is 69.3 Å². The molecule has 70 valence electrons. The zero-order valence-electron chi connectivity index (χ0n) is 6.65. The number of amides is 2. The highest BCUT2D eigenvalue weighted by Crippen LogP contribution is 2.32. The standard InChI is InChI=1S/C7H12F2N2O/c8-7(9)3-1-2-5(4-7)11-6(10)12/h5H,1-4H2,(H3,10,11,12). The highest BCUT2D eigenvalue weighted by Gasteiger charge is 2.36. The van der Waals surface area contributed by atoms with Crippen LogP contribution in [0.4, 0.5) is 13.6 Å². The summed E-state index contributed by atoms with van der Waals surface area (Å²) >= 11 is 0. The van der Waals surface area contributed by atoms with Gasteiger partial charge in [-0.25, -0.2) is 13.6 Å². The van der Waals surface area contributed by atoms with Crippen LogP contribution in [-0.4, -0.2) is 18.0 Å². The maximum atomic E-state index is 12.7. The number of carbonyl (C=O) groups is 1. The number of alkyl halides is 2. The van der Waals surface area contributed by atoms with Gasteiger partial charge in [-0.05, 0) is 12.8 Å². The molecular weight excluding hydrogens is 166 g/mol. The predicted molar refractivity (Wildman–Crippen MR) is 39.9 cm³/mol. The Morgan fingerprint density at radius 3 is 2.75 bits per heavy atom. The highest BCUT2D eigenvalue weighted by atomic mass is 19.3. The van der Waals surface area contributed by atoms with Crippen molar-refractivity contribution >= 4 is 6.03 Å². The number of nitrogens with two attached hydrogens (primary N) is 1. The van der Waals surface area contributed by atoms with Crippen LogP contribution in [0.15, 0.2) is 0 Å². The van der Waals surface area contributed by atoms with Gasteiger partial charge < -0.3 is 11.1 Å². The van der Waals surface area contributed by atoms with Crippen LogP contribution in [0.3, 0.4) is 0 Å². The lowest BCUT2D eigenvalue weighted by molar-refractivity contribution is -0.0424. The Morgan fingerprint density at radius 2 is 2.25 bits per heavy atom. The van der Waals surface area contributed by atoms with Gasteiger partial charge >= 0.3 is 6.03 Å². The minimum Gasteiger partial charge on any atom is -0.352 e. The number of urea groups is 1. The highest BCUT2D eigenvalue weighted by molar-refractivity contribution is 5.71. The number of carbonyl (C=O) groups excluding carboxylic acids is 1. The first-order valence-electron chi connectivity index (χ1n) is 3.93. The van der Waals surface area contributed by atoms with Crippen LogP contribution in [0.1, 0.15) is 25.7 Å². The zero-order chi connectivity index (χ0) is 9.19. The molecule has 1 aliphatic carbocycles. The summed E-state index contributed by atoms with van der Waals surface area (Å²) in [7, 11) is 0. The van der Waals surface area contributed by atoms with Gasteiger partial charge in [0.15, 0.2) is 0 Å². The molecule has 0 saturated heterocycles. The molecule has 1 rings (SSSR count). The van der Waals surface area contributed by atoms with E-state index in [1.165, 1.54) is 0 Å². The van der Waals surface area contributed by atoms with Crippen LogP contribution < -0.4 is 11.1 Å². The van der Waals surface area contributed by atoms with Gasteiger partial charge in [0.25, 0.3) is 0 Å². The zero-order valence-corrected chi connectivity index (χ0v) is 6.65. The first-order chi connectivity index (χ1) is 5.49. The fraction of sp³-hybridized carbons (Fsp3) is 0.857. The van der Waals surface area contributed by atoms with Crippen molar-refractivity contribution in [2.45, 2.75) is 37.6 Å². The first kappa shape index (κ1) is 9.22. The number of nitrogens with one attached hydrogen (secondary N) is 1. The molecule has 12 heavy (non-hydrogen) atoms. The fourth-order valence-electron chi connectivity index (χ4n) is 1.50. The van der Waals surface area contributed by atoms with Crippen LogP contribution in [0.25, 0.3) is 0 Å². The maximum absolute atomic E-state index is 12.7. The van der Waals surface area contributed by atoms with E-state index in [1.54, 1.807) is 0 Å². The van der Waals surface area contributed by atoms with Crippen molar-refractivity contribution in [1.82, 2.24) is 5.32 Å². The van der Waals surface area contributed by atoms with Gasteiger partial charge in [-0.15, -0.1) is 0 Å². The van der Waals surface area contributed by atoms with E-state index in [9.17, 15) is 13.6 Å². The van der Waals surface area contributed by atoms with Crippen molar-refractivity contribution in [1.29, 1.82) is 0 Å². The molecule has 0 aliphatic heterocycles. The van der Waals surface area contributed by atoms with E-state index in [2.05, 4.69) is 5.32 Å². The van der Waals surface area contributed by atoms with Gasteiger partial charge in [0.2, 0.25) is 5.92 Å². The summed E-state index contributed by atoms with van der Waals surface area (Å²) in [6.07, 6.45) is 0.677. The largest absolute Gasteiger partial charge is 0.352 e. The summed E-state index contributed by atoms with van der Waals surface area (Å²) < 4.78 is 25.4. The molecule has 1 aliphatic rings. The number of hydrogen-bond acceptors (Lipinski definition) is 1. The molecule has 0 bridgehead atoms. The van der Waals surface area contributed by atoms with Gasteiger partial charge in [0.1, 0.15) is 0 Å². The third-order valence-electron chi connectivity index (χ3n) is 1.99. The molecule has 0 heterocycles. The summed E-state index contributed by atoms with van der Waals surface area (Å²) in [5.74, 6) is -2.63. The summed E-state index contributed by atoms with van der Waals surface area (Å²) in [6, 6.07) is -1.18. The monoisotopic (exact) mass is 178 g/mol. The summed E-state index contributed by atoms with van der Waals surface area (Å²) in [6.45, 7) is 0. The van der Waals surface area contributed by atoms with Crippen LogP contribution in [0.5, 0.6) is 0 Å². The summed E-state index contributed by atoms with van der Waals surface area (Å²) in [5.41, 5.74) is 4.82. The number of hydrogen-bond donors (Lipinski definition) is 2. The molecule has 0 aromatic heterocycles. The van der Waals surface area contributed by atoms with E-state index in [1.807, 2.05) is 0 Å². The van der Waals surface area contributed by atoms with Crippen LogP contribution in [0, 0.1) is 0 Å². The van der Waals surface area contributed by atoms with Crippen molar-refractivity contribution in [3.8, 4) is 0 Å². The van der Waals surface area contributed by atoms with Gasteiger partial charge in [-0.3, -0.25) is 0 Å². The van der Waals surface area contributed by atoms with E-state index in [-0.39, 0.29) is 12.8 Å². The molecule has 0 aromatic rings. The third-order valence-corrected chi connectivity index (χ3v) is 1.99. The van der Waals surface area contributed by atoms with Crippen molar-refractivity contribution < 1.29 is 13.6 Å². The second-order valence-electron chi connectivity index (χ2n) is 3.16. The van der Waals surface area contributed by atoms with Gasteiger partial charge in [0, 0.05) is 18.9 Å². The van der Waals surface area contributed by atoms with Gasteiger partial charge in [0.05, 0.1) is 0 Å². The molecule has 3 N–H and O–H groups in total. The van der Waals surface area contributed by atoms with Gasteiger partial charge in [-0.2, -0.15) is 0 Å². The van der Waals surface area contributed by atoms with E-state index >= 15 is 0 Å². The third kappa shape index (κ3) is 2.64. The SMILES string of the molecule is NC(=O)NC1CCCC(F)(F)C1. The van der Waals surface area contributed by atoms with Crippen LogP contribution >= 0.6 is 0 Å². The van der Waals surface area contributed by atoms with Crippen LogP contribution in [0.2, 0.25) is 0 Å². The minimum atomic E-state index is -2.63. The van der Waals surface area contributed by atoms with Crippen molar-refractivity contribution in [3.05, 3.63) is 0 Å². The molecule has 0 spiro atoms. The first-order valence-corrected chi connectivity index (χ1v) is 3.93. The second kappa shape index (κ2) is 3.25.